The first-order valence-electron chi connectivity index (χ1n) is 18.8. The van der Waals surface area contributed by atoms with Crippen LogP contribution in [0, 0.1) is 0 Å². The van der Waals surface area contributed by atoms with Crippen molar-refractivity contribution in [2.75, 3.05) is 0 Å². The number of ether oxygens (including phenoxy) is 1. The van der Waals surface area contributed by atoms with Crippen molar-refractivity contribution in [1.29, 1.82) is 0 Å². The maximum Gasteiger partial charge on any atom is 0.164 e. The number of fused-ring (bicyclic) bond motifs is 9. The molecule has 3 heterocycles. The number of hydrogen-bond donors (Lipinski definition) is 0. The lowest BCUT2D eigenvalue weighted by Gasteiger charge is -2.39. The lowest BCUT2D eigenvalue weighted by atomic mass is 9.65. The fourth-order valence-electron chi connectivity index (χ4n) is 8.54. The van der Waals surface area contributed by atoms with Gasteiger partial charge in [0.2, 0.25) is 0 Å². The Morgan fingerprint density at radius 3 is 1.34 bits per heavy atom. The maximum absolute atomic E-state index is 6.67. The Kier molecular flexibility index (Phi) is 7.32. The summed E-state index contributed by atoms with van der Waals surface area (Å²) in [4.78, 5) is 19.5. The summed E-state index contributed by atoms with van der Waals surface area (Å²) >= 11 is 0. The molecule has 2 aliphatic rings. The number of rotatable bonds is 5. The molecule has 1 aliphatic carbocycles. The number of nitrogens with zero attached hydrogens (tertiary/aromatic N) is 4. The highest BCUT2D eigenvalue weighted by atomic mass is 16.5. The van der Waals surface area contributed by atoms with Crippen LogP contribution in [-0.2, 0) is 5.41 Å². The van der Waals surface area contributed by atoms with E-state index < -0.39 is 5.41 Å². The third-order valence-electron chi connectivity index (χ3n) is 11.1. The second-order valence-electron chi connectivity index (χ2n) is 14.2. The Morgan fingerprint density at radius 1 is 0.339 bits per heavy atom. The number of para-hydroxylation sites is 2. The molecule has 0 radical (unpaired) electrons. The summed E-state index contributed by atoms with van der Waals surface area (Å²) in [5.41, 5.74) is 13.6. The van der Waals surface area contributed by atoms with E-state index in [-0.39, 0.29) is 0 Å². The Balaban J connectivity index is 1.14. The normalized spacial score (nSPS) is 12.9. The minimum Gasteiger partial charge on any atom is -0.457 e. The lowest BCUT2D eigenvalue weighted by molar-refractivity contribution is 0.436. The second-order valence-corrected chi connectivity index (χ2v) is 14.2. The zero-order chi connectivity index (χ0) is 37.1. The van der Waals surface area contributed by atoms with Gasteiger partial charge in [-0.05, 0) is 74.8 Å². The third-order valence-corrected chi connectivity index (χ3v) is 11.1. The molecule has 0 N–H and O–H groups in total. The van der Waals surface area contributed by atoms with Gasteiger partial charge in [-0.2, -0.15) is 0 Å². The molecule has 1 aliphatic heterocycles. The number of benzene rings is 7. The van der Waals surface area contributed by atoms with Crippen LogP contribution < -0.4 is 4.74 Å². The first-order chi connectivity index (χ1) is 27.7. The van der Waals surface area contributed by atoms with E-state index in [4.69, 9.17) is 19.7 Å². The van der Waals surface area contributed by atoms with Crippen molar-refractivity contribution < 1.29 is 4.74 Å². The highest BCUT2D eigenvalue weighted by molar-refractivity contribution is 5.91. The Labute approximate surface area is 324 Å². The first kappa shape index (κ1) is 32.0. The van der Waals surface area contributed by atoms with Gasteiger partial charge in [0.1, 0.15) is 11.5 Å². The van der Waals surface area contributed by atoms with Gasteiger partial charge in [0.25, 0.3) is 0 Å². The molecule has 7 aromatic carbocycles. The van der Waals surface area contributed by atoms with E-state index in [1.807, 2.05) is 72.9 Å². The van der Waals surface area contributed by atoms with E-state index >= 15 is 0 Å². The van der Waals surface area contributed by atoms with Gasteiger partial charge in [-0.3, -0.25) is 4.98 Å². The van der Waals surface area contributed by atoms with Gasteiger partial charge in [0.15, 0.2) is 17.5 Å². The van der Waals surface area contributed by atoms with Crippen LogP contribution in [-0.4, -0.2) is 19.9 Å². The van der Waals surface area contributed by atoms with Crippen LogP contribution in [0.25, 0.3) is 67.5 Å². The van der Waals surface area contributed by atoms with Crippen molar-refractivity contribution in [1.82, 2.24) is 19.9 Å². The molecule has 5 heteroatoms. The van der Waals surface area contributed by atoms with Gasteiger partial charge < -0.3 is 4.74 Å². The molecule has 0 amide bonds. The minimum absolute atomic E-state index is 0.620. The molecule has 1 spiro atoms. The van der Waals surface area contributed by atoms with E-state index in [0.29, 0.717) is 17.5 Å². The molecule has 0 unspecified atom stereocenters. The van der Waals surface area contributed by atoms with Crippen LogP contribution in [0.3, 0.4) is 0 Å². The Bertz CT molecular complexity index is 2830. The van der Waals surface area contributed by atoms with Crippen LogP contribution in [0.2, 0.25) is 0 Å². The van der Waals surface area contributed by atoms with E-state index in [2.05, 4.69) is 120 Å². The fraction of sp³-hybridized carbons (Fsp3) is 0.0196. The van der Waals surface area contributed by atoms with Crippen LogP contribution >= 0.6 is 0 Å². The molecule has 0 saturated carbocycles. The van der Waals surface area contributed by atoms with Crippen LogP contribution in [0.1, 0.15) is 22.3 Å². The largest absolute Gasteiger partial charge is 0.457 e. The predicted octanol–water partition coefficient (Wildman–Crippen LogP) is 12.1. The second kappa shape index (κ2) is 12.8. The van der Waals surface area contributed by atoms with Gasteiger partial charge in [0.05, 0.1) is 5.41 Å². The van der Waals surface area contributed by atoms with Gasteiger partial charge >= 0.3 is 0 Å². The summed E-state index contributed by atoms with van der Waals surface area (Å²) < 4.78 is 6.67. The zero-order valence-corrected chi connectivity index (χ0v) is 30.2. The third kappa shape index (κ3) is 5.02. The quantitative estimate of drug-likeness (QED) is 0.177. The minimum atomic E-state index is -0.671. The number of pyridine rings is 1. The van der Waals surface area contributed by atoms with Crippen molar-refractivity contribution in [3.05, 3.63) is 217 Å². The highest BCUT2D eigenvalue weighted by Gasteiger charge is 2.51. The van der Waals surface area contributed by atoms with Gasteiger partial charge in [-0.1, -0.05) is 152 Å². The molecule has 56 heavy (non-hydrogen) atoms. The first-order valence-corrected chi connectivity index (χ1v) is 18.8. The van der Waals surface area contributed by atoms with Crippen LogP contribution in [0.4, 0.5) is 0 Å². The van der Waals surface area contributed by atoms with E-state index in [0.717, 1.165) is 61.6 Å². The standard InChI is InChI=1S/C51H32N4O/c1-3-12-35(13-4-1)48-53-49(36-14-5-2-6-15-36)55-50(54-48)38-26-28-41-40-27-25-37(33-21-23-34(24-22-33)39-16-11-29-52-32-39)30-44(40)51(45(41)31-38)42-17-7-9-19-46(42)56-47-20-10-8-18-43(47)51/h1-32H. The molecule has 0 bridgehead atoms. The molecule has 11 rings (SSSR count). The molecule has 5 nitrogen and oxygen atoms in total. The molecule has 2 aromatic heterocycles. The Morgan fingerprint density at radius 2 is 0.786 bits per heavy atom. The average molecular weight is 717 g/mol. The number of aromatic nitrogens is 4. The summed E-state index contributed by atoms with van der Waals surface area (Å²) in [5.74, 6) is 3.58. The summed E-state index contributed by atoms with van der Waals surface area (Å²) in [6, 6.07) is 63.6. The summed E-state index contributed by atoms with van der Waals surface area (Å²) in [6.45, 7) is 0. The van der Waals surface area contributed by atoms with E-state index in [1.54, 1.807) is 6.20 Å². The fourth-order valence-corrected chi connectivity index (χ4v) is 8.54. The van der Waals surface area contributed by atoms with Gasteiger partial charge in [-0.25, -0.2) is 15.0 Å². The SMILES string of the molecule is c1ccc(-c2nc(-c3ccccc3)nc(-c3ccc4c(c3)C3(c5ccccc5Oc5ccccc53)c3cc(-c5ccc(-c6cccnc6)cc5)ccc3-4)n2)cc1. The topological polar surface area (TPSA) is 60.8 Å². The van der Waals surface area contributed by atoms with Crippen molar-refractivity contribution in [3.63, 3.8) is 0 Å². The highest BCUT2D eigenvalue weighted by Crippen LogP contribution is 2.62. The smallest absolute Gasteiger partial charge is 0.164 e. The van der Waals surface area contributed by atoms with Crippen molar-refractivity contribution in [2.24, 2.45) is 0 Å². The van der Waals surface area contributed by atoms with E-state index in [1.165, 1.54) is 22.3 Å². The van der Waals surface area contributed by atoms with Crippen molar-refractivity contribution in [2.45, 2.75) is 5.41 Å². The van der Waals surface area contributed by atoms with Gasteiger partial charge in [-0.15, -0.1) is 0 Å². The predicted molar refractivity (Wildman–Crippen MR) is 222 cm³/mol. The Hall–Kier alpha value is -7.50. The summed E-state index contributed by atoms with van der Waals surface area (Å²) in [5, 5.41) is 0. The molecule has 262 valence electrons. The molecule has 0 fully saturated rings. The monoisotopic (exact) mass is 716 g/mol. The van der Waals surface area contributed by atoms with Crippen molar-refractivity contribution in [3.8, 4) is 79.0 Å². The van der Waals surface area contributed by atoms with E-state index in [9.17, 15) is 0 Å². The molecular weight excluding hydrogens is 685 g/mol. The van der Waals surface area contributed by atoms with Crippen LogP contribution in [0.5, 0.6) is 11.5 Å². The van der Waals surface area contributed by atoms with Crippen LogP contribution in [0.15, 0.2) is 194 Å². The summed E-state index contributed by atoms with van der Waals surface area (Å²) in [7, 11) is 0. The molecule has 9 aromatic rings. The molecule has 0 saturated heterocycles. The summed E-state index contributed by atoms with van der Waals surface area (Å²) in [6.07, 6.45) is 3.71. The number of hydrogen-bond acceptors (Lipinski definition) is 5. The van der Waals surface area contributed by atoms with Gasteiger partial charge in [0, 0.05) is 40.2 Å². The average Bonchev–Trinajstić information content (AvgIpc) is 3.56. The zero-order valence-electron chi connectivity index (χ0n) is 30.2. The molecular formula is C51H32N4O. The van der Waals surface area contributed by atoms with Crippen molar-refractivity contribution >= 4 is 0 Å². The maximum atomic E-state index is 6.67. The lowest BCUT2D eigenvalue weighted by Crippen LogP contribution is -2.32. The molecule has 0 atom stereocenters.